The third kappa shape index (κ3) is 3.11. The SMILES string of the molecule is Cc1ccc(/C=C2\SC(=S)N([C@@H]3CCS(=O)(=O)C3)C2=O)cc1. The van der Waals surface area contributed by atoms with Crippen LogP contribution in [0.1, 0.15) is 17.5 Å². The number of hydrogen-bond acceptors (Lipinski definition) is 5. The Morgan fingerprint density at radius 3 is 2.59 bits per heavy atom. The van der Waals surface area contributed by atoms with Crippen LogP contribution in [0.3, 0.4) is 0 Å². The van der Waals surface area contributed by atoms with Crippen LogP contribution in [0.15, 0.2) is 29.2 Å². The molecule has 2 heterocycles. The highest BCUT2D eigenvalue weighted by Crippen LogP contribution is 2.36. The van der Waals surface area contributed by atoms with E-state index in [1.165, 1.54) is 16.7 Å². The van der Waals surface area contributed by atoms with Crippen molar-refractivity contribution < 1.29 is 13.2 Å². The fourth-order valence-corrected chi connectivity index (χ4v) is 5.69. The van der Waals surface area contributed by atoms with Gasteiger partial charge in [0.15, 0.2) is 9.84 Å². The number of carbonyl (C=O) groups excluding carboxylic acids is 1. The molecule has 1 atom stereocenters. The van der Waals surface area contributed by atoms with E-state index in [1.54, 1.807) is 0 Å². The monoisotopic (exact) mass is 353 g/mol. The predicted octanol–water partition coefficient (Wildman–Crippen LogP) is 2.38. The van der Waals surface area contributed by atoms with Crippen molar-refractivity contribution in [1.82, 2.24) is 4.90 Å². The van der Waals surface area contributed by atoms with E-state index in [2.05, 4.69) is 0 Å². The third-order valence-electron chi connectivity index (χ3n) is 3.77. The number of benzene rings is 1. The maximum absolute atomic E-state index is 12.5. The first-order valence-electron chi connectivity index (χ1n) is 6.90. The summed E-state index contributed by atoms with van der Waals surface area (Å²) < 4.78 is 23.7. The van der Waals surface area contributed by atoms with Gasteiger partial charge in [-0.25, -0.2) is 8.42 Å². The summed E-state index contributed by atoms with van der Waals surface area (Å²) in [4.78, 5) is 14.6. The van der Waals surface area contributed by atoms with Gasteiger partial charge in [-0.05, 0) is 25.0 Å². The Morgan fingerprint density at radius 1 is 1.32 bits per heavy atom. The zero-order valence-corrected chi connectivity index (χ0v) is 14.4. The summed E-state index contributed by atoms with van der Waals surface area (Å²) in [6, 6.07) is 7.54. The summed E-state index contributed by atoms with van der Waals surface area (Å²) >= 11 is 6.52. The summed E-state index contributed by atoms with van der Waals surface area (Å²) in [7, 11) is -3.04. The lowest BCUT2D eigenvalue weighted by Gasteiger charge is -2.20. The lowest BCUT2D eigenvalue weighted by molar-refractivity contribution is -0.123. The van der Waals surface area contributed by atoms with E-state index < -0.39 is 9.84 Å². The van der Waals surface area contributed by atoms with E-state index in [-0.39, 0.29) is 23.5 Å². The summed E-state index contributed by atoms with van der Waals surface area (Å²) in [6.45, 7) is 2.00. The molecule has 0 aliphatic carbocycles. The average molecular weight is 353 g/mol. The van der Waals surface area contributed by atoms with Crippen molar-refractivity contribution in [3.8, 4) is 0 Å². The summed E-state index contributed by atoms with van der Waals surface area (Å²) in [5.41, 5.74) is 2.09. The molecule has 0 saturated carbocycles. The smallest absolute Gasteiger partial charge is 0.266 e. The molecule has 1 amide bonds. The Bertz CT molecular complexity index is 766. The van der Waals surface area contributed by atoms with Gasteiger partial charge in [-0.2, -0.15) is 0 Å². The first-order chi connectivity index (χ1) is 10.4. The molecule has 2 saturated heterocycles. The van der Waals surface area contributed by atoms with Gasteiger partial charge in [0.2, 0.25) is 0 Å². The van der Waals surface area contributed by atoms with Gasteiger partial charge < -0.3 is 0 Å². The second-order valence-electron chi connectivity index (χ2n) is 5.52. The lowest BCUT2D eigenvalue weighted by atomic mass is 10.1. The highest BCUT2D eigenvalue weighted by Gasteiger charge is 2.41. The molecule has 0 radical (unpaired) electrons. The van der Waals surface area contributed by atoms with Crippen LogP contribution in [0.2, 0.25) is 0 Å². The third-order valence-corrected chi connectivity index (χ3v) is 6.85. The van der Waals surface area contributed by atoms with Crippen LogP contribution in [-0.4, -0.2) is 41.1 Å². The normalized spacial score (nSPS) is 26.1. The highest BCUT2D eigenvalue weighted by atomic mass is 32.2. The largest absolute Gasteiger partial charge is 0.289 e. The Morgan fingerprint density at radius 2 is 2.00 bits per heavy atom. The minimum atomic E-state index is -3.04. The van der Waals surface area contributed by atoms with Crippen LogP contribution >= 0.6 is 24.0 Å². The maximum atomic E-state index is 12.5. The standard InChI is InChI=1S/C15H15NO3S3/c1-10-2-4-11(5-3-10)8-13-14(17)16(15(20)21-13)12-6-7-22(18,19)9-12/h2-5,8,12H,6-7,9H2,1H3/b13-8-/t12-/m1/s1. The van der Waals surface area contributed by atoms with Crippen LogP contribution in [0.4, 0.5) is 0 Å². The molecule has 0 bridgehead atoms. The predicted molar refractivity (Wildman–Crippen MR) is 93.2 cm³/mol. The molecule has 3 rings (SSSR count). The fourth-order valence-electron chi connectivity index (χ4n) is 2.59. The van der Waals surface area contributed by atoms with Crippen molar-refractivity contribution in [3.05, 3.63) is 40.3 Å². The zero-order valence-electron chi connectivity index (χ0n) is 12.0. The topological polar surface area (TPSA) is 54.5 Å². The molecular formula is C15H15NO3S3. The number of hydrogen-bond donors (Lipinski definition) is 0. The summed E-state index contributed by atoms with van der Waals surface area (Å²) in [5.74, 6) is -0.0409. The van der Waals surface area contributed by atoms with Crippen LogP contribution < -0.4 is 0 Å². The van der Waals surface area contributed by atoms with E-state index in [0.29, 0.717) is 15.6 Å². The maximum Gasteiger partial charge on any atom is 0.266 e. The highest BCUT2D eigenvalue weighted by molar-refractivity contribution is 8.26. The molecule has 2 aliphatic rings. The van der Waals surface area contributed by atoms with Crippen molar-refractivity contribution in [2.45, 2.75) is 19.4 Å². The first kappa shape index (κ1) is 15.7. The number of thioether (sulfide) groups is 1. The van der Waals surface area contributed by atoms with E-state index in [4.69, 9.17) is 12.2 Å². The lowest BCUT2D eigenvalue weighted by Crippen LogP contribution is -2.39. The second kappa shape index (κ2) is 5.79. The number of nitrogens with zero attached hydrogens (tertiary/aromatic N) is 1. The number of carbonyl (C=O) groups is 1. The van der Waals surface area contributed by atoms with Gasteiger partial charge >= 0.3 is 0 Å². The first-order valence-corrected chi connectivity index (χ1v) is 9.94. The molecule has 0 N–H and O–H groups in total. The quantitative estimate of drug-likeness (QED) is 0.604. The number of thiocarbonyl (C=S) groups is 1. The van der Waals surface area contributed by atoms with Gasteiger partial charge in [-0.3, -0.25) is 9.69 Å². The van der Waals surface area contributed by atoms with Crippen molar-refractivity contribution in [3.63, 3.8) is 0 Å². The Balaban J connectivity index is 1.84. The van der Waals surface area contributed by atoms with Crippen molar-refractivity contribution in [2.75, 3.05) is 11.5 Å². The van der Waals surface area contributed by atoms with Crippen molar-refractivity contribution in [1.29, 1.82) is 0 Å². The van der Waals surface area contributed by atoms with Gasteiger partial charge in [0.05, 0.1) is 22.5 Å². The van der Waals surface area contributed by atoms with Gasteiger partial charge in [-0.15, -0.1) is 0 Å². The molecule has 0 unspecified atom stereocenters. The fraction of sp³-hybridized carbons (Fsp3) is 0.333. The molecule has 4 nitrogen and oxygen atoms in total. The van der Waals surface area contributed by atoms with Crippen LogP contribution in [0.5, 0.6) is 0 Å². The minimum Gasteiger partial charge on any atom is -0.289 e. The molecule has 2 fully saturated rings. The minimum absolute atomic E-state index is 0.0112. The Hall–Kier alpha value is -1.18. The van der Waals surface area contributed by atoms with Crippen LogP contribution in [-0.2, 0) is 14.6 Å². The van der Waals surface area contributed by atoms with Crippen molar-refractivity contribution in [2.24, 2.45) is 0 Å². The van der Waals surface area contributed by atoms with Crippen molar-refractivity contribution >= 4 is 50.1 Å². The molecule has 0 spiro atoms. The molecule has 1 aromatic rings. The second-order valence-corrected chi connectivity index (χ2v) is 9.42. The summed E-state index contributed by atoms with van der Waals surface area (Å²) in [6.07, 6.45) is 2.27. The van der Waals surface area contributed by atoms with Gasteiger partial charge in [-0.1, -0.05) is 53.8 Å². The number of amides is 1. The number of sulfone groups is 1. The average Bonchev–Trinajstić information content (AvgIpc) is 2.93. The number of rotatable bonds is 2. The molecule has 1 aromatic carbocycles. The van der Waals surface area contributed by atoms with Gasteiger partial charge in [0.25, 0.3) is 5.91 Å². The molecule has 116 valence electrons. The molecular weight excluding hydrogens is 338 g/mol. The molecule has 7 heteroatoms. The van der Waals surface area contributed by atoms with E-state index >= 15 is 0 Å². The van der Waals surface area contributed by atoms with Crippen LogP contribution in [0.25, 0.3) is 6.08 Å². The zero-order chi connectivity index (χ0) is 15.9. The van der Waals surface area contributed by atoms with E-state index in [9.17, 15) is 13.2 Å². The molecule has 0 aromatic heterocycles. The van der Waals surface area contributed by atoms with Crippen LogP contribution in [0, 0.1) is 6.92 Å². The number of aryl methyl sites for hydroxylation is 1. The Labute approximate surface area is 139 Å². The Kier molecular flexibility index (Phi) is 4.13. The van der Waals surface area contributed by atoms with E-state index in [1.807, 2.05) is 37.3 Å². The van der Waals surface area contributed by atoms with Gasteiger partial charge in [0.1, 0.15) is 4.32 Å². The molecule has 2 aliphatic heterocycles. The molecule has 22 heavy (non-hydrogen) atoms. The summed E-state index contributed by atoms with van der Waals surface area (Å²) in [5, 5.41) is 0. The van der Waals surface area contributed by atoms with E-state index in [0.717, 1.165) is 11.1 Å². The van der Waals surface area contributed by atoms with Gasteiger partial charge in [0, 0.05) is 0 Å².